The minimum absolute atomic E-state index is 0.277. The SMILES string of the molecule is CCCCOc1ccc(C2C3C(=O)N(c4ccccc4)C(=O)C3ON2c2ccccc2)cc1OCC. The van der Waals surface area contributed by atoms with Gasteiger partial charge in [0.15, 0.2) is 17.6 Å². The average Bonchev–Trinajstić information content (AvgIpc) is 3.42. The van der Waals surface area contributed by atoms with Crippen molar-refractivity contribution in [1.82, 2.24) is 0 Å². The second kappa shape index (κ2) is 10.4. The first-order valence-corrected chi connectivity index (χ1v) is 12.5. The maximum Gasteiger partial charge on any atom is 0.266 e. The molecule has 0 aliphatic carbocycles. The molecule has 7 heteroatoms. The van der Waals surface area contributed by atoms with Crippen molar-refractivity contribution in [3.63, 3.8) is 0 Å². The third-order valence-electron chi connectivity index (χ3n) is 6.51. The number of hydroxylamine groups is 1. The highest BCUT2D eigenvalue weighted by Crippen LogP contribution is 2.48. The Morgan fingerprint density at radius 1 is 0.806 bits per heavy atom. The van der Waals surface area contributed by atoms with Crippen LogP contribution in [0.5, 0.6) is 11.5 Å². The van der Waals surface area contributed by atoms with Crippen molar-refractivity contribution in [1.29, 1.82) is 0 Å². The molecule has 0 saturated carbocycles. The molecule has 5 rings (SSSR count). The number of ether oxygens (including phenoxy) is 2. The molecule has 3 atom stereocenters. The number of imide groups is 1. The second-order valence-electron chi connectivity index (χ2n) is 8.85. The van der Waals surface area contributed by atoms with Crippen LogP contribution >= 0.6 is 0 Å². The average molecular weight is 487 g/mol. The fourth-order valence-corrected chi connectivity index (χ4v) is 4.81. The lowest BCUT2D eigenvalue weighted by Gasteiger charge is -2.29. The number of unbranched alkanes of at least 4 members (excludes halogenated alkanes) is 1. The first-order chi connectivity index (χ1) is 17.6. The number of anilines is 2. The molecule has 0 aromatic heterocycles. The van der Waals surface area contributed by atoms with Crippen molar-refractivity contribution < 1.29 is 23.9 Å². The number of fused-ring (bicyclic) bond motifs is 1. The van der Waals surface area contributed by atoms with E-state index in [4.69, 9.17) is 14.3 Å². The van der Waals surface area contributed by atoms with Crippen LogP contribution in [0.2, 0.25) is 0 Å². The van der Waals surface area contributed by atoms with Crippen LogP contribution in [0, 0.1) is 5.92 Å². The molecule has 2 heterocycles. The van der Waals surface area contributed by atoms with Gasteiger partial charge in [0, 0.05) is 0 Å². The summed E-state index contributed by atoms with van der Waals surface area (Å²) >= 11 is 0. The van der Waals surface area contributed by atoms with Gasteiger partial charge in [0.05, 0.1) is 30.6 Å². The van der Waals surface area contributed by atoms with E-state index in [9.17, 15) is 9.59 Å². The molecule has 2 amide bonds. The van der Waals surface area contributed by atoms with Crippen LogP contribution in [-0.4, -0.2) is 31.1 Å². The normalized spacial score (nSPS) is 21.1. The van der Waals surface area contributed by atoms with Crippen LogP contribution in [-0.2, 0) is 14.4 Å². The summed E-state index contributed by atoms with van der Waals surface area (Å²) < 4.78 is 11.9. The smallest absolute Gasteiger partial charge is 0.266 e. The van der Waals surface area contributed by atoms with Crippen LogP contribution in [0.3, 0.4) is 0 Å². The lowest BCUT2D eigenvalue weighted by atomic mass is 9.90. The highest BCUT2D eigenvalue weighted by atomic mass is 16.7. The molecule has 7 nitrogen and oxygen atoms in total. The fraction of sp³-hybridized carbons (Fsp3) is 0.310. The second-order valence-corrected chi connectivity index (χ2v) is 8.85. The quantitative estimate of drug-likeness (QED) is 0.301. The Hall–Kier alpha value is -3.84. The molecule has 0 N–H and O–H groups in total. The Bertz CT molecular complexity index is 1220. The van der Waals surface area contributed by atoms with E-state index in [-0.39, 0.29) is 11.8 Å². The Kier molecular flexibility index (Phi) is 6.91. The van der Waals surface area contributed by atoms with E-state index in [0.717, 1.165) is 24.1 Å². The molecule has 186 valence electrons. The van der Waals surface area contributed by atoms with E-state index in [1.807, 2.05) is 73.7 Å². The summed E-state index contributed by atoms with van der Waals surface area (Å²) in [4.78, 5) is 34.7. The van der Waals surface area contributed by atoms with Gasteiger partial charge in [0.1, 0.15) is 5.92 Å². The molecular weight excluding hydrogens is 456 g/mol. The van der Waals surface area contributed by atoms with Crippen LogP contribution < -0.4 is 19.4 Å². The summed E-state index contributed by atoms with van der Waals surface area (Å²) in [5.41, 5.74) is 2.13. The zero-order valence-corrected chi connectivity index (χ0v) is 20.5. The van der Waals surface area contributed by atoms with Crippen molar-refractivity contribution >= 4 is 23.2 Å². The third-order valence-corrected chi connectivity index (χ3v) is 6.51. The van der Waals surface area contributed by atoms with Crippen LogP contribution in [0.1, 0.15) is 38.3 Å². The molecule has 2 fully saturated rings. The lowest BCUT2D eigenvalue weighted by molar-refractivity contribution is -0.126. The predicted molar refractivity (Wildman–Crippen MR) is 137 cm³/mol. The van der Waals surface area contributed by atoms with E-state index < -0.39 is 18.1 Å². The first kappa shape index (κ1) is 23.9. The van der Waals surface area contributed by atoms with E-state index >= 15 is 0 Å². The number of nitrogens with zero attached hydrogens (tertiary/aromatic N) is 2. The van der Waals surface area contributed by atoms with Gasteiger partial charge in [-0.25, -0.2) is 9.96 Å². The molecule has 2 aliphatic rings. The van der Waals surface area contributed by atoms with Crippen molar-refractivity contribution in [3.8, 4) is 11.5 Å². The zero-order valence-electron chi connectivity index (χ0n) is 20.5. The molecule has 36 heavy (non-hydrogen) atoms. The number of hydrogen-bond donors (Lipinski definition) is 0. The minimum atomic E-state index is -0.918. The van der Waals surface area contributed by atoms with Gasteiger partial charge in [-0.05, 0) is 55.3 Å². The lowest BCUT2D eigenvalue weighted by Crippen LogP contribution is -2.37. The number of rotatable bonds is 9. The standard InChI is InChI=1S/C29H30N2O5/c1-3-5-18-35-23-17-16-20(19-24(23)34-4-2)26-25-27(36-31(26)22-14-10-7-11-15-22)29(33)30(28(25)32)21-12-8-6-9-13-21/h6-17,19,25-27H,3-5,18H2,1-2H3. The van der Waals surface area contributed by atoms with Gasteiger partial charge in [0.25, 0.3) is 5.91 Å². The molecule has 3 aromatic carbocycles. The Morgan fingerprint density at radius 2 is 1.50 bits per heavy atom. The van der Waals surface area contributed by atoms with Crippen LogP contribution in [0.4, 0.5) is 11.4 Å². The van der Waals surface area contributed by atoms with Gasteiger partial charge in [0.2, 0.25) is 5.91 Å². The fourth-order valence-electron chi connectivity index (χ4n) is 4.81. The summed E-state index contributed by atoms with van der Waals surface area (Å²) in [5.74, 6) is -0.0703. The maximum absolute atomic E-state index is 13.8. The Labute approximate surface area is 211 Å². The summed E-state index contributed by atoms with van der Waals surface area (Å²) in [6.07, 6.45) is 1.06. The monoisotopic (exact) mass is 486 g/mol. The van der Waals surface area contributed by atoms with E-state index in [1.165, 1.54) is 4.90 Å². The molecule has 3 aromatic rings. The van der Waals surface area contributed by atoms with Gasteiger partial charge in [-0.1, -0.05) is 55.8 Å². The van der Waals surface area contributed by atoms with E-state index in [2.05, 4.69) is 6.92 Å². The van der Waals surface area contributed by atoms with Crippen molar-refractivity contribution in [2.75, 3.05) is 23.2 Å². The molecule has 2 saturated heterocycles. The summed E-state index contributed by atoms with van der Waals surface area (Å²) in [7, 11) is 0. The highest BCUT2D eigenvalue weighted by molar-refractivity contribution is 6.23. The van der Waals surface area contributed by atoms with E-state index in [0.29, 0.717) is 30.4 Å². The van der Waals surface area contributed by atoms with Gasteiger partial charge < -0.3 is 9.47 Å². The number of para-hydroxylation sites is 2. The van der Waals surface area contributed by atoms with Crippen molar-refractivity contribution in [2.24, 2.45) is 5.92 Å². The largest absolute Gasteiger partial charge is 0.490 e. The van der Waals surface area contributed by atoms with Gasteiger partial charge in [-0.3, -0.25) is 14.4 Å². The third kappa shape index (κ3) is 4.31. The molecular formula is C29H30N2O5. The van der Waals surface area contributed by atoms with Crippen molar-refractivity contribution in [3.05, 3.63) is 84.4 Å². The van der Waals surface area contributed by atoms with Crippen LogP contribution in [0.25, 0.3) is 0 Å². The van der Waals surface area contributed by atoms with Crippen LogP contribution in [0.15, 0.2) is 78.9 Å². The Balaban J connectivity index is 1.55. The van der Waals surface area contributed by atoms with Crippen molar-refractivity contribution in [2.45, 2.75) is 38.8 Å². The molecule has 0 radical (unpaired) electrons. The number of carbonyl (C=O) groups is 2. The van der Waals surface area contributed by atoms with Gasteiger partial charge in [-0.2, -0.15) is 0 Å². The Morgan fingerprint density at radius 3 is 2.17 bits per heavy atom. The predicted octanol–water partition coefficient (Wildman–Crippen LogP) is 5.32. The maximum atomic E-state index is 13.8. The zero-order chi connectivity index (χ0) is 25.1. The number of amides is 2. The van der Waals surface area contributed by atoms with Gasteiger partial charge >= 0.3 is 0 Å². The number of benzene rings is 3. The summed E-state index contributed by atoms with van der Waals surface area (Å²) in [6.45, 7) is 5.11. The molecule has 0 spiro atoms. The first-order valence-electron chi connectivity index (χ1n) is 12.5. The molecule has 0 bridgehead atoms. The van der Waals surface area contributed by atoms with E-state index in [1.54, 1.807) is 17.2 Å². The topological polar surface area (TPSA) is 68.3 Å². The number of hydrogen-bond acceptors (Lipinski definition) is 6. The highest BCUT2D eigenvalue weighted by Gasteiger charge is 2.60. The summed E-state index contributed by atoms with van der Waals surface area (Å²) in [5, 5.41) is 1.69. The number of carbonyl (C=O) groups excluding carboxylic acids is 2. The molecule has 2 aliphatic heterocycles. The summed E-state index contributed by atoms with van der Waals surface area (Å²) in [6, 6.07) is 23.7. The van der Waals surface area contributed by atoms with Gasteiger partial charge in [-0.15, -0.1) is 0 Å². The minimum Gasteiger partial charge on any atom is -0.490 e. The molecule has 3 unspecified atom stereocenters.